The summed E-state index contributed by atoms with van der Waals surface area (Å²) in [6.45, 7) is 2.06. The van der Waals surface area contributed by atoms with Gasteiger partial charge in [-0.25, -0.2) is 0 Å². The van der Waals surface area contributed by atoms with E-state index in [9.17, 15) is 23.1 Å². The maximum Gasteiger partial charge on any atom is 0.344 e. The van der Waals surface area contributed by atoms with Gasteiger partial charge in [-0.15, -0.1) is 0 Å². The van der Waals surface area contributed by atoms with Gasteiger partial charge >= 0.3 is 12.1 Å². The Labute approximate surface area is 166 Å². The molecule has 0 saturated heterocycles. The zero-order chi connectivity index (χ0) is 21.0. The van der Waals surface area contributed by atoms with Crippen molar-refractivity contribution < 1.29 is 27.8 Å². The summed E-state index contributed by atoms with van der Waals surface area (Å²) < 4.78 is 41.5. The minimum atomic E-state index is -2.52. The van der Waals surface area contributed by atoms with Crippen LogP contribution in [0.4, 0.5) is 13.2 Å². The lowest BCUT2D eigenvalue weighted by molar-refractivity contribution is -0.113. The van der Waals surface area contributed by atoms with E-state index in [1.807, 2.05) is 6.08 Å². The van der Waals surface area contributed by atoms with Crippen molar-refractivity contribution in [2.24, 2.45) is 5.92 Å². The van der Waals surface area contributed by atoms with Crippen molar-refractivity contribution in [1.29, 1.82) is 0 Å². The molecule has 1 aliphatic carbocycles. The van der Waals surface area contributed by atoms with Gasteiger partial charge in [0.15, 0.2) is 5.78 Å². The number of ketones is 1. The molecule has 1 aliphatic rings. The van der Waals surface area contributed by atoms with Gasteiger partial charge < -0.3 is 9.84 Å². The van der Waals surface area contributed by atoms with Crippen LogP contribution in [-0.4, -0.2) is 10.9 Å². The summed E-state index contributed by atoms with van der Waals surface area (Å²) in [7, 11) is 0. The van der Waals surface area contributed by atoms with E-state index in [0.717, 1.165) is 5.56 Å². The van der Waals surface area contributed by atoms with Crippen LogP contribution in [0.1, 0.15) is 30.9 Å². The van der Waals surface area contributed by atoms with Crippen LogP contribution in [0.2, 0.25) is 0 Å². The van der Waals surface area contributed by atoms with E-state index in [2.05, 4.69) is 11.7 Å². The Balaban J connectivity index is 1.82. The van der Waals surface area contributed by atoms with Gasteiger partial charge in [0, 0.05) is 11.1 Å². The van der Waals surface area contributed by atoms with Gasteiger partial charge in [0.2, 0.25) is 0 Å². The van der Waals surface area contributed by atoms with Gasteiger partial charge in [0.05, 0.1) is 0 Å². The predicted molar refractivity (Wildman–Crippen MR) is 105 cm³/mol. The Hall–Kier alpha value is -3.28. The van der Waals surface area contributed by atoms with Crippen molar-refractivity contribution in [3.63, 3.8) is 0 Å². The first-order valence-corrected chi connectivity index (χ1v) is 9.05. The Kier molecular flexibility index (Phi) is 6.22. The highest BCUT2D eigenvalue weighted by Gasteiger charge is 2.25. The van der Waals surface area contributed by atoms with Gasteiger partial charge in [-0.2, -0.15) is 13.2 Å². The van der Waals surface area contributed by atoms with Gasteiger partial charge in [-0.05, 0) is 66.3 Å². The molecule has 0 spiro atoms. The third-order valence-electron chi connectivity index (χ3n) is 4.53. The minimum Gasteiger partial charge on any atom is -0.508 e. The van der Waals surface area contributed by atoms with E-state index in [4.69, 9.17) is 0 Å². The zero-order valence-corrected chi connectivity index (χ0v) is 15.7. The number of hydrogen-bond donors (Lipinski definition) is 1. The van der Waals surface area contributed by atoms with Crippen LogP contribution in [0.25, 0.3) is 12.2 Å². The average Bonchev–Trinajstić information content (AvgIpc) is 2.68. The molecule has 1 fully saturated rings. The number of phenols is 1. The fraction of sp³-hybridized carbons (Fsp3) is 0.174. The standard InChI is InChI=1S/C23H19F3O3/c1-14-10-17(12-15-2-6-19(27)7-3-15)21(28)18(11-14)13-16-4-8-20(9-5-16)29-23(26)22(24)25/h2-9,12-14,27H,10-11H2,1H3/b17-12-,18-13+. The summed E-state index contributed by atoms with van der Waals surface area (Å²) in [5.74, 6) is 0.323. The number of carbonyl (C=O) groups excluding carboxylic acids is 1. The van der Waals surface area contributed by atoms with E-state index >= 15 is 0 Å². The Morgan fingerprint density at radius 3 is 1.90 bits per heavy atom. The van der Waals surface area contributed by atoms with Crippen molar-refractivity contribution in [3.8, 4) is 11.5 Å². The number of ether oxygens (including phenoxy) is 1. The Morgan fingerprint density at radius 2 is 1.41 bits per heavy atom. The molecule has 0 heterocycles. The number of aromatic hydroxyl groups is 1. The number of halogens is 3. The summed E-state index contributed by atoms with van der Waals surface area (Å²) >= 11 is 0. The quantitative estimate of drug-likeness (QED) is 0.486. The molecule has 150 valence electrons. The summed E-state index contributed by atoms with van der Waals surface area (Å²) in [5.41, 5.74) is 2.84. The number of hydrogen-bond acceptors (Lipinski definition) is 3. The SMILES string of the molecule is CC1C/C(=C/c2ccc(O)cc2)C(=O)/C(=C/c2ccc(OC(F)=C(F)F)cc2)C1. The third-order valence-corrected chi connectivity index (χ3v) is 4.53. The first-order chi connectivity index (χ1) is 13.8. The van der Waals surface area contributed by atoms with E-state index in [1.165, 1.54) is 12.1 Å². The molecule has 1 saturated carbocycles. The maximum absolute atomic E-state index is 12.9. The molecule has 1 unspecified atom stereocenters. The second-order valence-corrected chi connectivity index (χ2v) is 6.98. The van der Waals surface area contributed by atoms with Gasteiger partial charge in [-0.3, -0.25) is 4.79 Å². The second-order valence-electron chi connectivity index (χ2n) is 6.98. The summed E-state index contributed by atoms with van der Waals surface area (Å²) in [6, 6.07) is 10.5. The van der Waals surface area contributed by atoms with Gasteiger partial charge in [0.1, 0.15) is 11.5 Å². The Morgan fingerprint density at radius 1 is 0.931 bits per heavy atom. The van der Waals surface area contributed by atoms with Crippen molar-refractivity contribution in [2.75, 3.05) is 0 Å². The molecule has 0 aliphatic heterocycles. The molecule has 1 N–H and O–H groups in total. The second kappa shape index (κ2) is 8.82. The molecule has 3 nitrogen and oxygen atoms in total. The molecule has 0 bridgehead atoms. The fourth-order valence-corrected chi connectivity index (χ4v) is 3.21. The number of carbonyl (C=O) groups is 1. The van der Waals surface area contributed by atoms with E-state index in [-0.39, 0.29) is 23.2 Å². The smallest absolute Gasteiger partial charge is 0.344 e. The van der Waals surface area contributed by atoms with Crippen molar-refractivity contribution in [2.45, 2.75) is 19.8 Å². The number of Topliss-reactive ketones (excluding diaryl/α,β-unsaturated/α-hetero) is 1. The molecule has 2 aromatic carbocycles. The molecule has 1 atom stereocenters. The number of benzene rings is 2. The molecule has 6 heteroatoms. The molecule has 0 aromatic heterocycles. The van der Waals surface area contributed by atoms with Crippen LogP contribution in [0, 0.1) is 5.92 Å². The normalized spacial score (nSPS) is 19.4. The highest BCUT2D eigenvalue weighted by molar-refractivity contribution is 6.14. The maximum atomic E-state index is 12.9. The predicted octanol–water partition coefficient (Wildman–Crippen LogP) is 6.27. The first-order valence-electron chi connectivity index (χ1n) is 9.05. The Bertz CT molecular complexity index is 983. The van der Waals surface area contributed by atoms with Crippen molar-refractivity contribution >= 4 is 17.9 Å². The highest BCUT2D eigenvalue weighted by atomic mass is 19.3. The van der Waals surface area contributed by atoms with Gasteiger partial charge in [0.25, 0.3) is 0 Å². The highest BCUT2D eigenvalue weighted by Crippen LogP contribution is 2.32. The average molecular weight is 400 g/mol. The van der Waals surface area contributed by atoms with Crippen LogP contribution in [0.3, 0.4) is 0 Å². The van der Waals surface area contributed by atoms with Crippen LogP contribution >= 0.6 is 0 Å². The number of rotatable bonds is 4. The summed E-state index contributed by atoms with van der Waals surface area (Å²) in [5, 5.41) is 9.39. The zero-order valence-electron chi connectivity index (χ0n) is 15.7. The lowest BCUT2D eigenvalue weighted by Crippen LogP contribution is -2.18. The molecular weight excluding hydrogens is 381 g/mol. The topological polar surface area (TPSA) is 46.5 Å². The van der Waals surface area contributed by atoms with Crippen molar-refractivity contribution in [3.05, 3.63) is 82.9 Å². The minimum absolute atomic E-state index is 0.0509. The molecule has 29 heavy (non-hydrogen) atoms. The monoisotopic (exact) mass is 400 g/mol. The molecule has 0 radical (unpaired) electrons. The first kappa shape index (κ1) is 20.5. The van der Waals surface area contributed by atoms with Gasteiger partial charge in [-0.1, -0.05) is 31.2 Å². The molecule has 0 amide bonds. The van der Waals surface area contributed by atoms with Crippen molar-refractivity contribution in [1.82, 2.24) is 0 Å². The van der Waals surface area contributed by atoms with E-state index in [0.29, 0.717) is 29.6 Å². The molecule has 3 rings (SSSR count). The lowest BCUT2D eigenvalue weighted by Gasteiger charge is -2.22. The summed E-state index contributed by atoms with van der Waals surface area (Å²) in [6.07, 6.45) is 2.32. The lowest BCUT2D eigenvalue weighted by atomic mass is 9.81. The van der Waals surface area contributed by atoms with Crippen LogP contribution < -0.4 is 4.74 Å². The van der Waals surface area contributed by atoms with Crippen LogP contribution in [0.5, 0.6) is 11.5 Å². The van der Waals surface area contributed by atoms with E-state index < -0.39 is 12.1 Å². The third kappa shape index (κ3) is 5.38. The number of allylic oxidation sites excluding steroid dienone is 2. The fourth-order valence-electron chi connectivity index (χ4n) is 3.21. The van der Waals surface area contributed by atoms with Crippen LogP contribution in [0.15, 0.2) is 71.8 Å². The molecular formula is C23H19F3O3. The van der Waals surface area contributed by atoms with Crippen LogP contribution in [-0.2, 0) is 4.79 Å². The summed E-state index contributed by atoms with van der Waals surface area (Å²) in [4.78, 5) is 12.9. The number of phenolic OH excluding ortho intramolecular Hbond substituents is 1. The molecule has 2 aromatic rings. The largest absolute Gasteiger partial charge is 0.508 e. The van der Waals surface area contributed by atoms with E-state index in [1.54, 1.807) is 42.5 Å².